The zero-order valence-corrected chi connectivity index (χ0v) is 20.7. The van der Waals surface area contributed by atoms with Crippen LogP contribution in [0.1, 0.15) is 34.3 Å². The highest BCUT2D eigenvalue weighted by molar-refractivity contribution is 9.10. The number of halogens is 1. The Balaban J connectivity index is 1.48. The fraction of sp³-hybridized carbons (Fsp3) is 0.458. The van der Waals surface area contributed by atoms with Crippen molar-refractivity contribution in [2.45, 2.75) is 25.8 Å². The van der Waals surface area contributed by atoms with Crippen molar-refractivity contribution in [1.82, 2.24) is 10.2 Å². The number of hydrogen-bond donors (Lipinski definition) is 1. The van der Waals surface area contributed by atoms with Crippen molar-refractivity contribution in [2.75, 3.05) is 48.1 Å². The maximum atomic E-state index is 12.7. The van der Waals surface area contributed by atoms with E-state index in [-0.39, 0.29) is 5.91 Å². The maximum Gasteiger partial charge on any atom is 0.255 e. The molecule has 0 saturated heterocycles. The molecule has 0 unspecified atom stereocenters. The standard InChI is InChI=1S/C24H31BrN2O5/c1-29-20-11-16-7-10-27(15-17(16)12-21(20)30-2)9-6-5-8-26-24(28)19-13-18(25)14-22(31-3)23(19)32-4/h11-14H,5-10,15H2,1-4H3,(H,26,28)/i25-4. The Labute approximate surface area is 198 Å². The van der Waals surface area contributed by atoms with Gasteiger partial charge in [0.15, 0.2) is 23.0 Å². The molecular formula is C24H31BrN2O5. The van der Waals surface area contributed by atoms with E-state index in [0.29, 0.717) is 23.6 Å². The number of unbranched alkanes of at least 4 members (excludes halogenated alkanes) is 1. The Kier molecular flexibility index (Phi) is 8.64. The highest BCUT2D eigenvalue weighted by atomic mass is 75.9. The van der Waals surface area contributed by atoms with E-state index in [1.165, 1.54) is 18.2 Å². The Morgan fingerprint density at radius 1 is 0.938 bits per heavy atom. The molecular weight excluding hydrogens is 472 g/mol. The van der Waals surface area contributed by atoms with Crippen molar-refractivity contribution >= 4 is 21.8 Å². The van der Waals surface area contributed by atoms with Crippen LogP contribution in [0.4, 0.5) is 0 Å². The second-order valence-corrected chi connectivity index (χ2v) is 8.57. The van der Waals surface area contributed by atoms with Crippen molar-refractivity contribution in [1.29, 1.82) is 0 Å². The number of carbonyl (C=O) groups is 1. The second-order valence-electron chi connectivity index (χ2n) is 7.65. The number of benzene rings is 2. The number of ether oxygens (including phenoxy) is 4. The summed E-state index contributed by atoms with van der Waals surface area (Å²) in [4.78, 5) is 15.1. The molecule has 0 aliphatic carbocycles. The molecule has 0 fully saturated rings. The summed E-state index contributed by atoms with van der Waals surface area (Å²) in [6.07, 6.45) is 2.90. The summed E-state index contributed by atoms with van der Waals surface area (Å²) in [6.45, 7) is 3.50. The van der Waals surface area contributed by atoms with Gasteiger partial charge in [0.1, 0.15) is 0 Å². The minimum Gasteiger partial charge on any atom is -0.493 e. The molecule has 2 aromatic rings. The smallest absolute Gasteiger partial charge is 0.255 e. The number of amides is 1. The summed E-state index contributed by atoms with van der Waals surface area (Å²) >= 11 is 3.42. The van der Waals surface area contributed by atoms with Gasteiger partial charge in [-0.2, -0.15) is 0 Å². The monoisotopic (exact) mass is 503 g/mol. The summed E-state index contributed by atoms with van der Waals surface area (Å²) in [5, 5.41) is 2.99. The first kappa shape index (κ1) is 24.2. The molecule has 0 spiro atoms. The number of nitrogens with zero attached hydrogens (tertiary/aromatic N) is 1. The fourth-order valence-electron chi connectivity index (χ4n) is 3.99. The number of methoxy groups -OCH3 is 4. The van der Waals surface area contributed by atoms with Crippen LogP contribution in [-0.4, -0.2) is 58.9 Å². The first-order chi connectivity index (χ1) is 15.5. The van der Waals surface area contributed by atoms with E-state index in [9.17, 15) is 4.79 Å². The van der Waals surface area contributed by atoms with Gasteiger partial charge in [0.05, 0.1) is 34.0 Å². The van der Waals surface area contributed by atoms with E-state index in [4.69, 9.17) is 18.9 Å². The van der Waals surface area contributed by atoms with Crippen molar-refractivity contribution < 1.29 is 23.7 Å². The summed E-state index contributed by atoms with van der Waals surface area (Å²) in [5.74, 6) is 2.35. The third kappa shape index (κ3) is 5.66. The van der Waals surface area contributed by atoms with Gasteiger partial charge in [-0.05, 0) is 61.2 Å². The molecule has 0 atom stereocenters. The van der Waals surface area contributed by atoms with Crippen molar-refractivity contribution in [3.63, 3.8) is 0 Å². The van der Waals surface area contributed by atoms with Gasteiger partial charge in [-0.25, -0.2) is 0 Å². The maximum absolute atomic E-state index is 12.7. The van der Waals surface area contributed by atoms with Gasteiger partial charge in [0.25, 0.3) is 5.91 Å². The lowest BCUT2D eigenvalue weighted by Gasteiger charge is -2.29. The number of rotatable bonds is 10. The van der Waals surface area contributed by atoms with Gasteiger partial charge in [-0.15, -0.1) is 0 Å². The van der Waals surface area contributed by atoms with E-state index in [1.54, 1.807) is 33.5 Å². The first-order valence-electron chi connectivity index (χ1n) is 10.7. The van der Waals surface area contributed by atoms with Crippen LogP contribution >= 0.6 is 15.9 Å². The molecule has 174 valence electrons. The molecule has 1 amide bonds. The van der Waals surface area contributed by atoms with Crippen LogP contribution in [0.5, 0.6) is 23.0 Å². The fourth-order valence-corrected chi connectivity index (χ4v) is 4.43. The minimum atomic E-state index is -0.172. The van der Waals surface area contributed by atoms with Gasteiger partial charge in [0, 0.05) is 24.1 Å². The lowest BCUT2D eigenvalue weighted by molar-refractivity contribution is 0.0948. The van der Waals surface area contributed by atoms with Crippen LogP contribution in [0.15, 0.2) is 28.7 Å². The van der Waals surface area contributed by atoms with E-state index >= 15 is 0 Å². The van der Waals surface area contributed by atoms with Gasteiger partial charge in [0.2, 0.25) is 0 Å². The number of hydrogen-bond acceptors (Lipinski definition) is 6. The predicted molar refractivity (Wildman–Crippen MR) is 127 cm³/mol. The van der Waals surface area contributed by atoms with Crippen molar-refractivity contribution in [3.05, 3.63) is 45.4 Å². The molecule has 0 saturated carbocycles. The minimum absolute atomic E-state index is 0.172. The average molecular weight is 503 g/mol. The topological polar surface area (TPSA) is 69.3 Å². The van der Waals surface area contributed by atoms with Gasteiger partial charge in [-0.3, -0.25) is 9.69 Å². The summed E-state index contributed by atoms with van der Waals surface area (Å²) in [6, 6.07) is 7.69. The summed E-state index contributed by atoms with van der Waals surface area (Å²) < 4.78 is 22.3. The van der Waals surface area contributed by atoms with Crippen LogP contribution in [0.2, 0.25) is 0 Å². The quantitative estimate of drug-likeness (QED) is 0.494. The van der Waals surface area contributed by atoms with Gasteiger partial charge in [-0.1, -0.05) is 15.9 Å². The Morgan fingerprint density at radius 3 is 2.28 bits per heavy atom. The van der Waals surface area contributed by atoms with E-state index in [1.807, 2.05) is 0 Å². The van der Waals surface area contributed by atoms with Crippen LogP contribution in [-0.2, 0) is 13.0 Å². The Morgan fingerprint density at radius 2 is 1.62 bits per heavy atom. The predicted octanol–water partition coefficient (Wildman–Crippen LogP) is 4.05. The lowest BCUT2D eigenvalue weighted by atomic mass is 9.98. The van der Waals surface area contributed by atoms with E-state index in [0.717, 1.165) is 54.9 Å². The number of nitrogens with one attached hydrogen (secondary N) is 1. The van der Waals surface area contributed by atoms with E-state index in [2.05, 4.69) is 38.3 Å². The Bertz CT molecular complexity index is 950. The highest BCUT2D eigenvalue weighted by Gasteiger charge is 2.20. The zero-order valence-electron chi connectivity index (χ0n) is 19.1. The third-order valence-electron chi connectivity index (χ3n) is 5.67. The SMILES string of the molecule is COc1cc2c(cc1OC)CN(CCCCNC(=O)c1cc([76Br])cc(OC)c1OC)CC2. The van der Waals surface area contributed by atoms with E-state index < -0.39 is 0 Å². The summed E-state index contributed by atoms with van der Waals surface area (Å²) in [5.41, 5.74) is 3.07. The van der Waals surface area contributed by atoms with Crippen LogP contribution in [0, 0.1) is 0 Å². The van der Waals surface area contributed by atoms with Crippen LogP contribution in [0.3, 0.4) is 0 Å². The lowest BCUT2D eigenvalue weighted by Crippen LogP contribution is -2.32. The highest BCUT2D eigenvalue weighted by Crippen LogP contribution is 2.35. The molecule has 1 aliphatic heterocycles. The van der Waals surface area contributed by atoms with Gasteiger partial charge < -0.3 is 24.3 Å². The molecule has 32 heavy (non-hydrogen) atoms. The molecule has 3 rings (SSSR count). The third-order valence-corrected chi connectivity index (χ3v) is 6.13. The molecule has 0 bridgehead atoms. The Hall–Kier alpha value is -2.45. The van der Waals surface area contributed by atoms with Crippen molar-refractivity contribution in [2.24, 2.45) is 0 Å². The molecule has 1 heterocycles. The number of fused-ring (bicyclic) bond motifs is 1. The molecule has 7 nitrogen and oxygen atoms in total. The number of carbonyl (C=O) groups excluding carboxylic acids is 1. The van der Waals surface area contributed by atoms with Gasteiger partial charge >= 0.3 is 0 Å². The molecule has 1 N–H and O–H groups in total. The molecule has 2 aromatic carbocycles. The van der Waals surface area contributed by atoms with Crippen molar-refractivity contribution in [3.8, 4) is 23.0 Å². The summed E-state index contributed by atoms with van der Waals surface area (Å²) in [7, 11) is 6.42. The van der Waals surface area contributed by atoms with Crippen LogP contribution < -0.4 is 24.3 Å². The first-order valence-corrected chi connectivity index (χ1v) is 11.5. The largest absolute Gasteiger partial charge is 0.493 e. The molecule has 0 radical (unpaired) electrons. The van der Waals surface area contributed by atoms with Crippen LogP contribution in [0.25, 0.3) is 0 Å². The second kappa shape index (κ2) is 11.4. The molecule has 1 aliphatic rings. The zero-order chi connectivity index (χ0) is 23.1. The molecule has 0 aromatic heterocycles. The average Bonchev–Trinajstić information content (AvgIpc) is 2.81. The molecule has 8 heteroatoms. The normalized spacial score (nSPS) is 13.3.